The van der Waals surface area contributed by atoms with Crippen molar-refractivity contribution in [1.29, 1.82) is 5.26 Å². The summed E-state index contributed by atoms with van der Waals surface area (Å²) in [6.45, 7) is 4.23. The molecule has 1 aromatic rings. The number of carbonyl (C=O) groups is 1. The van der Waals surface area contributed by atoms with Gasteiger partial charge in [0.25, 0.3) is 0 Å². The van der Waals surface area contributed by atoms with Crippen molar-refractivity contribution in [3.05, 3.63) is 34.4 Å². The van der Waals surface area contributed by atoms with Crippen molar-refractivity contribution >= 4 is 5.97 Å². The minimum absolute atomic E-state index is 0.219. The second-order valence-corrected chi connectivity index (χ2v) is 3.56. The van der Waals surface area contributed by atoms with Crippen LogP contribution in [0.25, 0.3) is 0 Å². The Balaban J connectivity index is 3.35. The van der Waals surface area contributed by atoms with Crippen molar-refractivity contribution in [2.45, 2.75) is 26.8 Å². The van der Waals surface area contributed by atoms with Gasteiger partial charge in [-0.3, -0.25) is 0 Å². The van der Waals surface area contributed by atoms with Gasteiger partial charge in [-0.1, -0.05) is 6.92 Å². The summed E-state index contributed by atoms with van der Waals surface area (Å²) < 4.78 is 5.01. The molecule has 0 bridgehead atoms. The van der Waals surface area contributed by atoms with E-state index in [0.29, 0.717) is 29.7 Å². The van der Waals surface area contributed by atoms with Crippen LogP contribution in [0.4, 0.5) is 0 Å². The minimum atomic E-state index is -0.366. The number of nitriles is 1. The molecule has 0 amide bonds. The normalized spacial score (nSPS) is 9.76. The zero-order chi connectivity index (χ0) is 12.8. The van der Waals surface area contributed by atoms with E-state index < -0.39 is 0 Å². The van der Waals surface area contributed by atoms with Crippen molar-refractivity contribution in [3.63, 3.8) is 0 Å². The Bertz CT molecular complexity index is 436. The minimum Gasteiger partial charge on any atom is -0.462 e. The molecule has 0 aliphatic heterocycles. The van der Waals surface area contributed by atoms with Crippen LogP contribution in [0.2, 0.25) is 0 Å². The molecule has 0 fully saturated rings. The maximum absolute atomic E-state index is 11.8. The highest BCUT2D eigenvalue weighted by molar-refractivity contribution is 5.93. The number of nitrogens with two attached hydrogens (primary N) is 1. The average Bonchev–Trinajstić information content (AvgIpc) is 2.37. The molecule has 0 saturated carbocycles. The number of nitrogens with zero attached hydrogens (tertiary/aromatic N) is 1. The van der Waals surface area contributed by atoms with Crippen LogP contribution in [0.1, 0.15) is 40.9 Å². The lowest BCUT2D eigenvalue weighted by molar-refractivity contribution is 0.0524. The lowest BCUT2D eigenvalue weighted by atomic mass is 9.96. The molecule has 90 valence electrons. The Kier molecular flexibility index (Phi) is 4.68. The number of rotatable bonds is 4. The molecule has 2 N–H and O–H groups in total. The molecule has 4 heteroatoms. The number of hydrogen-bond acceptors (Lipinski definition) is 4. The third-order valence-electron chi connectivity index (χ3n) is 2.51. The van der Waals surface area contributed by atoms with Crippen molar-refractivity contribution in [2.75, 3.05) is 6.61 Å². The molecule has 0 aromatic heterocycles. The molecule has 0 radical (unpaired) electrons. The van der Waals surface area contributed by atoms with Crippen LogP contribution >= 0.6 is 0 Å². The van der Waals surface area contributed by atoms with Gasteiger partial charge in [0.1, 0.15) is 0 Å². The maximum atomic E-state index is 11.8. The molecular weight excluding hydrogens is 216 g/mol. The number of carbonyl (C=O) groups excluding carboxylic acids is 1. The van der Waals surface area contributed by atoms with Gasteiger partial charge in [-0.2, -0.15) is 5.26 Å². The molecule has 0 heterocycles. The molecule has 0 aliphatic carbocycles. The number of benzene rings is 1. The Hall–Kier alpha value is -1.86. The van der Waals surface area contributed by atoms with E-state index in [0.717, 1.165) is 5.56 Å². The summed E-state index contributed by atoms with van der Waals surface area (Å²) in [5.74, 6) is -0.366. The summed E-state index contributed by atoms with van der Waals surface area (Å²) in [6.07, 6.45) is 0.663. The van der Waals surface area contributed by atoms with Gasteiger partial charge in [0.2, 0.25) is 0 Å². The topological polar surface area (TPSA) is 76.1 Å². The van der Waals surface area contributed by atoms with Gasteiger partial charge in [0.05, 0.1) is 23.8 Å². The summed E-state index contributed by atoms with van der Waals surface area (Å²) in [5, 5.41) is 8.90. The summed E-state index contributed by atoms with van der Waals surface area (Å²) >= 11 is 0. The Morgan fingerprint density at radius 2 is 2.06 bits per heavy atom. The molecule has 0 spiro atoms. The van der Waals surface area contributed by atoms with Gasteiger partial charge in [0, 0.05) is 6.54 Å². The average molecular weight is 232 g/mol. The predicted octanol–water partition coefficient (Wildman–Crippen LogP) is 1.76. The smallest absolute Gasteiger partial charge is 0.338 e. The molecule has 0 unspecified atom stereocenters. The summed E-state index contributed by atoms with van der Waals surface area (Å²) in [4.78, 5) is 11.8. The van der Waals surface area contributed by atoms with E-state index in [2.05, 4.69) is 6.07 Å². The lowest BCUT2D eigenvalue weighted by Crippen LogP contribution is -2.14. The van der Waals surface area contributed by atoms with E-state index >= 15 is 0 Å². The maximum Gasteiger partial charge on any atom is 0.338 e. The predicted molar refractivity (Wildman–Crippen MR) is 64.4 cm³/mol. The van der Waals surface area contributed by atoms with Crippen molar-refractivity contribution in [3.8, 4) is 6.07 Å². The quantitative estimate of drug-likeness (QED) is 0.802. The molecular formula is C13H16N2O2. The van der Waals surface area contributed by atoms with Crippen LogP contribution in [0, 0.1) is 11.3 Å². The van der Waals surface area contributed by atoms with Crippen LogP contribution in [-0.2, 0) is 17.7 Å². The van der Waals surface area contributed by atoms with Gasteiger partial charge in [-0.05, 0) is 36.6 Å². The van der Waals surface area contributed by atoms with Gasteiger partial charge in [0.15, 0.2) is 0 Å². The fourth-order valence-electron chi connectivity index (χ4n) is 1.74. The third-order valence-corrected chi connectivity index (χ3v) is 2.51. The standard InChI is InChI=1S/C13H16N2O2/c1-3-10-5-9(7-14)6-11(8-15)12(10)13(16)17-4-2/h5-6H,3-4,8,15H2,1-2H3. The molecule has 0 aliphatic rings. The molecule has 1 aromatic carbocycles. The summed E-state index contributed by atoms with van der Waals surface area (Å²) in [7, 11) is 0. The van der Waals surface area contributed by atoms with E-state index in [1.54, 1.807) is 19.1 Å². The molecule has 0 atom stereocenters. The number of esters is 1. The first kappa shape index (κ1) is 13.2. The highest BCUT2D eigenvalue weighted by Gasteiger charge is 2.17. The van der Waals surface area contributed by atoms with Gasteiger partial charge in [-0.15, -0.1) is 0 Å². The van der Waals surface area contributed by atoms with Gasteiger partial charge < -0.3 is 10.5 Å². The van der Waals surface area contributed by atoms with E-state index in [1.165, 1.54) is 0 Å². The monoisotopic (exact) mass is 232 g/mol. The highest BCUT2D eigenvalue weighted by atomic mass is 16.5. The van der Waals surface area contributed by atoms with Crippen molar-refractivity contribution in [2.24, 2.45) is 5.73 Å². The Morgan fingerprint density at radius 3 is 2.53 bits per heavy atom. The first-order valence-corrected chi connectivity index (χ1v) is 5.60. The number of hydrogen-bond donors (Lipinski definition) is 1. The zero-order valence-corrected chi connectivity index (χ0v) is 10.1. The number of aryl methyl sites for hydroxylation is 1. The third kappa shape index (κ3) is 2.83. The molecule has 17 heavy (non-hydrogen) atoms. The van der Waals surface area contributed by atoms with Gasteiger partial charge in [-0.25, -0.2) is 4.79 Å². The fraction of sp³-hybridized carbons (Fsp3) is 0.385. The van der Waals surface area contributed by atoms with Crippen LogP contribution in [0.5, 0.6) is 0 Å². The van der Waals surface area contributed by atoms with Crippen LogP contribution < -0.4 is 5.73 Å². The molecule has 0 saturated heterocycles. The molecule has 1 rings (SSSR count). The summed E-state index contributed by atoms with van der Waals surface area (Å²) in [6, 6.07) is 5.42. The van der Waals surface area contributed by atoms with E-state index in [-0.39, 0.29) is 12.5 Å². The number of ether oxygens (including phenoxy) is 1. The van der Waals surface area contributed by atoms with Crippen LogP contribution in [0.3, 0.4) is 0 Å². The van der Waals surface area contributed by atoms with Crippen molar-refractivity contribution < 1.29 is 9.53 Å². The second-order valence-electron chi connectivity index (χ2n) is 3.56. The SMILES string of the molecule is CCOC(=O)c1c(CC)cc(C#N)cc1CN. The van der Waals surface area contributed by atoms with E-state index in [4.69, 9.17) is 15.7 Å². The second kappa shape index (κ2) is 6.02. The van der Waals surface area contributed by atoms with E-state index in [9.17, 15) is 4.79 Å². The fourth-order valence-corrected chi connectivity index (χ4v) is 1.74. The Labute approximate surface area is 101 Å². The highest BCUT2D eigenvalue weighted by Crippen LogP contribution is 2.19. The molecule has 4 nitrogen and oxygen atoms in total. The van der Waals surface area contributed by atoms with Crippen molar-refractivity contribution in [1.82, 2.24) is 0 Å². The zero-order valence-electron chi connectivity index (χ0n) is 10.1. The van der Waals surface area contributed by atoms with Crippen LogP contribution in [-0.4, -0.2) is 12.6 Å². The first-order valence-electron chi connectivity index (χ1n) is 5.60. The Morgan fingerprint density at radius 1 is 1.41 bits per heavy atom. The first-order chi connectivity index (χ1) is 8.17. The summed E-state index contributed by atoms with van der Waals surface area (Å²) in [5.41, 5.74) is 8.12. The van der Waals surface area contributed by atoms with Gasteiger partial charge >= 0.3 is 5.97 Å². The largest absolute Gasteiger partial charge is 0.462 e. The van der Waals surface area contributed by atoms with Crippen LogP contribution in [0.15, 0.2) is 12.1 Å². The van der Waals surface area contributed by atoms with E-state index in [1.807, 2.05) is 6.92 Å². The lowest BCUT2D eigenvalue weighted by Gasteiger charge is -2.12.